The lowest BCUT2D eigenvalue weighted by Gasteiger charge is -2.15. The molecule has 0 aliphatic rings. The van der Waals surface area contributed by atoms with Gasteiger partial charge in [-0.25, -0.2) is 0 Å². The van der Waals surface area contributed by atoms with Crippen molar-refractivity contribution in [3.05, 3.63) is 28.8 Å². The topological polar surface area (TPSA) is 12.5 Å². The second-order valence-electron chi connectivity index (χ2n) is 3.60. The van der Waals surface area contributed by atoms with E-state index in [1.165, 1.54) is 5.56 Å². The van der Waals surface area contributed by atoms with Crippen LogP contribution in [0, 0.1) is 0 Å². The lowest BCUT2D eigenvalue weighted by molar-refractivity contribution is 0.352. The quantitative estimate of drug-likeness (QED) is 0.767. The maximum absolute atomic E-state index is 5.95. The number of hydrogen-bond donors (Lipinski definition) is 0. The molecule has 0 aliphatic carbocycles. The molecule has 0 fully saturated rings. The maximum atomic E-state index is 5.95. The Morgan fingerprint density at radius 1 is 1.40 bits per heavy atom. The lowest BCUT2D eigenvalue weighted by atomic mass is 10.1. The van der Waals surface area contributed by atoms with Gasteiger partial charge in [0, 0.05) is 11.6 Å². The van der Waals surface area contributed by atoms with Crippen molar-refractivity contribution in [3.8, 4) is 5.75 Å². The standard InChI is InChI=1S/C12H18ClNO/c1-4-14(2)8-7-10-9-11(13)5-6-12(10)15-3/h5-6,9H,4,7-8H2,1-3H3. The molecule has 3 heteroatoms. The van der Waals surface area contributed by atoms with Crippen LogP contribution >= 0.6 is 11.6 Å². The van der Waals surface area contributed by atoms with Gasteiger partial charge < -0.3 is 9.64 Å². The van der Waals surface area contributed by atoms with Crippen LogP contribution < -0.4 is 4.74 Å². The van der Waals surface area contributed by atoms with Gasteiger partial charge in [-0.1, -0.05) is 18.5 Å². The summed E-state index contributed by atoms with van der Waals surface area (Å²) >= 11 is 5.95. The van der Waals surface area contributed by atoms with Gasteiger partial charge in [0.2, 0.25) is 0 Å². The Morgan fingerprint density at radius 2 is 2.13 bits per heavy atom. The summed E-state index contributed by atoms with van der Waals surface area (Å²) in [5.41, 5.74) is 1.17. The van der Waals surface area contributed by atoms with E-state index in [1.807, 2.05) is 18.2 Å². The van der Waals surface area contributed by atoms with Crippen molar-refractivity contribution < 1.29 is 4.74 Å². The van der Waals surface area contributed by atoms with Crippen LogP contribution in [0.1, 0.15) is 12.5 Å². The Morgan fingerprint density at radius 3 is 2.73 bits per heavy atom. The van der Waals surface area contributed by atoms with Gasteiger partial charge in [0.1, 0.15) is 5.75 Å². The monoisotopic (exact) mass is 227 g/mol. The van der Waals surface area contributed by atoms with Gasteiger partial charge in [-0.3, -0.25) is 0 Å². The zero-order valence-corrected chi connectivity index (χ0v) is 10.3. The highest BCUT2D eigenvalue weighted by molar-refractivity contribution is 6.30. The molecule has 0 radical (unpaired) electrons. The summed E-state index contributed by atoms with van der Waals surface area (Å²) < 4.78 is 5.29. The van der Waals surface area contributed by atoms with Crippen LogP contribution in [0.3, 0.4) is 0 Å². The second kappa shape index (κ2) is 5.99. The van der Waals surface area contributed by atoms with Gasteiger partial charge in [-0.05, 0) is 43.8 Å². The maximum Gasteiger partial charge on any atom is 0.122 e. The molecular formula is C12H18ClNO. The molecular weight excluding hydrogens is 210 g/mol. The molecule has 1 aromatic carbocycles. The minimum absolute atomic E-state index is 0.768. The lowest BCUT2D eigenvalue weighted by Crippen LogP contribution is -2.20. The summed E-state index contributed by atoms with van der Waals surface area (Å²) in [7, 11) is 3.80. The first-order chi connectivity index (χ1) is 7.17. The van der Waals surface area contributed by atoms with Gasteiger partial charge in [-0.2, -0.15) is 0 Å². The molecule has 0 bridgehead atoms. The third kappa shape index (κ3) is 3.73. The van der Waals surface area contributed by atoms with Crippen LogP contribution in [-0.4, -0.2) is 32.1 Å². The molecule has 0 saturated heterocycles. The van der Waals surface area contributed by atoms with Gasteiger partial charge >= 0.3 is 0 Å². The molecule has 1 aromatic rings. The van der Waals surface area contributed by atoms with E-state index >= 15 is 0 Å². The van der Waals surface area contributed by atoms with Gasteiger partial charge in [-0.15, -0.1) is 0 Å². The third-order valence-corrected chi connectivity index (χ3v) is 2.78. The average molecular weight is 228 g/mol. The van der Waals surface area contributed by atoms with Gasteiger partial charge in [0.05, 0.1) is 7.11 Å². The van der Waals surface area contributed by atoms with Crippen molar-refractivity contribution >= 4 is 11.6 Å². The fraction of sp³-hybridized carbons (Fsp3) is 0.500. The summed E-state index contributed by atoms with van der Waals surface area (Å²) in [4.78, 5) is 2.26. The van der Waals surface area contributed by atoms with E-state index in [-0.39, 0.29) is 0 Å². The van der Waals surface area contributed by atoms with Gasteiger partial charge in [0.25, 0.3) is 0 Å². The van der Waals surface area contributed by atoms with Gasteiger partial charge in [0.15, 0.2) is 0 Å². The summed E-state index contributed by atoms with van der Waals surface area (Å²) in [6.07, 6.45) is 0.966. The normalized spacial score (nSPS) is 10.7. The molecule has 0 atom stereocenters. The predicted molar refractivity (Wildman–Crippen MR) is 64.9 cm³/mol. The number of rotatable bonds is 5. The zero-order chi connectivity index (χ0) is 11.3. The zero-order valence-electron chi connectivity index (χ0n) is 9.59. The Kier molecular flexibility index (Phi) is 4.92. The fourth-order valence-electron chi connectivity index (χ4n) is 1.41. The number of methoxy groups -OCH3 is 1. The van der Waals surface area contributed by atoms with E-state index in [4.69, 9.17) is 16.3 Å². The summed E-state index contributed by atoms with van der Waals surface area (Å²) in [5.74, 6) is 0.920. The van der Waals surface area contributed by atoms with E-state index in [0.717, 1.165) is 30.3 Å². The third-order valence-electron chi connectivity index (χ3n) is 2.55. The molecule has 0 aliphatic heterocycles. The summed E-state index contributed by atoms with van der Waals surface area (Å²) in [5, 5.41) is 0.768. The smallest absolute Gasteiger partial charge is 0.122 e. The molecule has 84 valence electrons. The SMILES string of the molecule is CCN(C)CCc1cc(Cl)ccc1OC. The van der Waals surface area contributed by atoms with Crippen LogP contribution in [0.4, 0.5) is 0 Å². The predicted octanol–water partition coefficient (Wildman–Crippen LogP) is 2.84. The summed E-state index contributed by atoms with van der Waals surface area (Å²) in [6, 6.07) is 5.75. The highest BCUT2D eigenvalue weighted by Gasteiger charge is 2.04. The number of hydrogen-bond acceptors (Lipinski definition) is 2. The first-order valence-corrected chi connectivity index (χ1v) is 5.56. The summed E-state index contributed by atoms with van der Waals surface area (Å²) in [6.45, 7) is 4.23. The van der Waals surface area contributed by atoms with Crippen LogP contribution in [0.2, 0.25) is 5.02 Å². The van der Waals surface area contributed by atoms with E-state index in [9.17, 15) is 0 Å². The number of ether oxygens (including phenoxy) is 1. The van der Waals surface area contributed by atoms with E-state index in [1.54, 1.807) is 7.11 Å². The van der Waals surface area contributed by atoms with E-state index in [0.29, 0.717) is 0 Å². The molecule has 2 nitrogen and oxygen atoms in total. The van der Waals surface area contributed by atoms with Crippen molar-refractivity contribution in [2.45, 2.75) is 13.3 Å². The van der Waals surface area contributed by atoms with Crippen LogP contribution in [0.25, 0.3) is 0 Å². The number of halogens is 1. The molecule has 0 unspecified atom stereocenters. The molecule has 0 heterocycles. The number of benzene rings is 1. The molecule has 0 saturated carbocycles. The Balaban J connectivity index is 2.69. The van der Waals surface area contributed by atoms with Crippen molar-refractivity contribution in [2.75, 3.05) is 27.2 Å². The molecule has 0 N–H and O–H groups in total. The Labute approximate surface area is 96.8 Å². The number of nitrogens with zero attached hydrogens (tertiary/aromatic N) is 1. The Bertz CT molecular complexity index is 314. The van der Waals surface area contributed by atoms with E-state index in [2.05, 4.69) is 18.9 Å². The largest absolute Gasteiger partial charge is 0.496 e. The molecule has 15 heavy (non-hydrogen) atoms. The Hall–Kier alpha value is -0.730. The van der Waals surface area contributed by atoms with Crippen LogP contribution in [0.5, 0.6) is 5.75 Å². The first-order valence-electron chi connectivity index (χ1n) is 5.18. The fourth-order valence-corrected chi connectivity index (χ4v) is 1.61. The van der Waals surface area contributed by atoms with Crippen molar-refractivity contribution in [1.82, 2.24) is 4.90 Å². The highest BCUT2D eigenvalue weighted by atomic mass is 35.5. The molecule has 0 spiro atoms. The highest BCUT2D eigenvalue weighted by Crippen LogP contribution is 2.23. The van der Waals surface area contributed by atoms with Crippen LogP contribution in [-0.2, 0) is 6.42 Å². The second-order valence-corrected chi connectivity index (χ2v) is 4.04. The minimum Gasteiger partial charge on any atom is -0.496 e. The van der Waals surface area contributed by atoms with Crippen molar-refractivity contribution in [3.63, 3.8) is 0 Å². The number of likely N-dealkylation sites (N-methyl/N-ethyl adjacent to an activating group) is 1. The average Bonchev–Trinajstić information content (AvgIpc) is 2.26. The molecule has 0 amide bonds. The van der Waals surface area contributed by atoms with Crippen molar-refractivity contribution in [1.29, 1.82) is 0 Å². The van der Waals surface area contributed by atoms with Crippen LogP contribution in [0.15, 0.2) is 18.2 Å². The first kappa shape index (κ1) is 12.3. The van der Waals surface area contributed by atoms with E-state index < -0.39 is 0 Å². The van der Waals surface area contributed by atoms with Crippen molar-refractivity contribution in [2.24, 2.45) is 0 Å². The molecule has 1 rings (SSSR count). The molecule has 0 aromatic heterocycles. The minimum atomic E-state index is 0.768.